The maximum atomic E-state index is 12.8. The summed E-state index contributed by atoms with van der Waals surface area (Å²) in [6.07, 6.45) is -3.40. The Hall–Kier alpha value is -4.42. The van der Waals surface area contributed by atoms with Gasteiger partial charge in [-0.2, -0.15) is 5.26 Å². The molecule has 14 nitrogen and oxygen atoms in total. The van der Waals surface area contributed by atoms with Crippen molar-refractivity contribution in [1.82, 2.24) is 4.98 Å². The van der Waals surface area contributed by atoms with Gasteiger partial charge in [0.15, 0.2) is 18.0 Å². The average molecular weight is 626 g/mol. The largest absolute Gasteiger partial charge is 0.463 e. The zero-order valence-corrected chi connectivity index (χ0v) is 26.0. The number of benzene rings is 1. The number of rotatable bonds is 12. The molecule has 0 unspecified atom stereocenters. The number of nitriles is 1. The van der Waals surface area contributed by atoms with Gasteiger partial charge in [0.25, 0.3) is 5.84 Å². The topological polar surface area (TPSA) is 226 Å². The van der Waals surface area contributed by atoms with Gasteiger partial charge in [-0.1, -0.05) is 49.2 Å². The molecule has 45 heavy (non-hydrogen) atoms. The van der Waals surface area contributed by atoms with Gasteiger partial charge < -0.3 is 40.5 Å². The number of H-pyrrole nitrogens is 1. The summed E-state index contributed by atoms with van der Waals surface area (Å²) in [7, 11) is 0. The molecule has 242 valence electrons. The molecule has 0 radical (unpaired) electrons. The Morgan fingerprint density at radius 1 is 1.24 bits per heavy atom. The lowest BCUT2D eigenvalue weighted by atomic mass is 9.92. The van der Waals surface area contributed by atoms with E-state index in [9.17, 15) is 24.8 Å². The third-order valence-corrected chi connectivity index (χ3v) is 7.23. The zero-order chi connectivity index (χ0) is 33.4. The van der Waals surface area contributed by atoms with Crippen LogP contribution in [0.25, 0.3) is 0 Å². The number of nitrogens with one attached hydrogen (secondary N) is 2. The summed E-state index contributed by atoms with van der Waals surface area (Å²) in [6.45, 7) is 8.17. The van der Waals surface area contributed by atoms with Gasteiger partial charge in [-0.25, -0.2) is 9.79 Å². The highest BCUT2D eigenvalue weighted by atomic mass is 16.6. The molecule has 0 bridgehead atoms. The highest BCUT2D eigenvalue weighted by Crippen LogP contribution is 2.41. The molecule has 0 aliphatic carbocycles. The van der Waals surface area contributed by atoms with E-state index in [1.165, 1.54) is 12.1 Å². The van der Waals surface area contributed by atoms with Crippen molar-refractivity contribution in [3.05, 3.63) is 59.4 Å². The van der Waals surface area contributed by atoms with E-state index in [1.54, 1.807) is 58.9 Å². The van der Waals surface area contributed by atoms with Crippen LogP contribution >= 0.6 is 0 Å². The van der Waals surface area contributed by atoms with E-state index in [0.29, 0.717) is 0 Å². The van der Waals surface area contributed by atoms with Crippen molar-refractivity contribution in [1.29, 1.82) is 5.26 Å². The number of carbonyl (C=O) groups excluding carboxylic acids is 3. The fraction of sp³-hybridized carbons (Fsp3) is 0.484. The third kappa shape index (κ3) is 8.20. The predicted molar refractivity (Wildman–Crippen MR) is 161 cm³/mol. The summed E-state index contributed by atoms with van der Waals surface area (Å²) in [5.41, 5.74) is 9.16. The van der Waals surface area contributed by atoms with Crippen LogP contribution in [-0.2, 0) is 45.4 Å². The van der Waals surface area contributed by atoms with E-state index in [2.05, 4.69) is 15.0 Å². The van der Waals surface area contributed by atoms with Crippen LogP contribution in [-0.4, -0.2) is 83.3 Å². The van der Waals surface area contributed by atoms with Crippen LogP contribution in [0.1, 0.15) is 51.6 Å². The minimum Gasteiger partial charge on any atom is -0.463 e. The maximum Gasteiger partial charge on any atom is 0.347 e. The molecule has 1 saturated heterocycles. The number of carbonyl (C=O) groups is 3. The average Bonchev–Trinajstić information content (AvgIpc) is 3.60. The Balaban J connectivity index is 1.94. The van der Waals surface area contributed by atoms with Gasteiger partial charge in [0, 0.05) is 6.61 Å². The second-order valence-electron chi connectivity index (χ2n) is 11.3. The van der Waals surface area contributed by atoms with Crippen LogP contribution < -0.4 is 16.5 Å². The standard InChI is InChI=1S/C31H40N6O8/c1-6-43-30(4,5)29(41)37-27(35-17-33)20-12-13-22(36-20)31(16-32)26(39)25(44-28(40)24(34)18(2)3)21(45-31)15-42-23(38)14-19-10-8-7-9-11-19/h7-13,17-18,21,24-26,36,39H,6,14-15,34H2,1-5H3,(H2,33,35,37,41)/p+1/t21-,24+,25-,26-,31+/m1/s1. The fourth-order valence-electron chi connectivity index (χ4n) is 4.59. The summed E-state index contributed by atoms with van der Waals surface area (Å²) in [4.78, 5) is 48.0. The number of nitrogens with two attached hydrogens (primary N) is 2. The molecule has 1 amide bonds. The first-order valence-corrected chi connectivity index (χ1v) is 14.5. The maximum absolute atomic E-state index is 12.8. The summed E-state index contributed by atoms with van der Waals surface area (Å²) < 4.78 is 22.5. The van der Waals surface area contributed by atoms with Crippen LogP contribution in [0.15, 0.2) is 47.5 Å². The van der Waals surface area contributed by atoms with E-state index >= 15 is 0 Å². The van der Waals surface area contributed by atoms with Gasteiger partial charge in [0.05, 0.1) is 12.1 Å². The molecule has 1 aromatic heterocycles. The van der Waals surface area contributed by atoms with Crippen molar-refractivity contribution in [3.63, 3.8) is 0 Å². The van der Waals surface area contributed by atoms with Crippen molar-refractivity contribution in [2.75, 3.05) is 13.2 Å². The van der Waals surface area contributed by atoms with Crippen molar-refractivity contribution >= 4 is 30.0 Å². The molecule has 2 aromatic rings. The lowest BCUT2D eigenvalue weighted by Crippen LogP contribution is -2.76. The van der Waals surface area contributed by atoms with E-state index in [-0.39, 0.29) is 36.2 Å². The van der Waals surface area contributed by atoms with Crippen molar-refractivity contribution in [2.45, 2.75) is 76.6 Å². The second kappa shape index (κ2) is 15.0. The van der Waals surface area contributed by atoms with Gasteiger partial charge in [-0.3, -0.25) is 9.59 Å². The second-order valence-corrected chi connectivity index (χ2v) is 11.3. The number of aromatic nitrogens is 1. The minimum absolute atomic E-state index is 0.000573. The number of amidine groups is 1. The number of hydrogen-bond donors (Lipinski definition) is 5. The Morgan fingerprint density at radius 3 is 2.53 bits per heavy atom. The number of aliphatic imine (C=N–C) groups is 1. The number of ether oxygens (including phenoxy) is 4. The fourth-order valence-corrected chi connectivity index (χ4v) is 4.59. The highest BCUT2D eigenvalue weighted by Gasteiger charge is 2.59. The van der Waals surface area contributed by atoms with Gasteiger partial charge in [0.2, 0.25) is 5.60 Å². The first-order valence-electron chi connectivity index (χ1n) is 14.5. The summed E-state index contributed by atoms with van der Waals surface area (Å²) >= 11 is 0. The SMILES string of the molecule is CCOC(C)(C)C(=O)N=C([NH+]=CN)c1ccc([C@]2(C#N)O[C@H](COC(=O)Cc3ccccc3)[C@@H](OC(=O)[C@@H](N)C(C)C)[C@H]2O)[nH]1. The number of aliphatic hydroxyl groups excluding tert-OH is 1. The van der Waals surface area contributed by atoms with Gasteiger partial charge in [0.1, 0.15) is 36.6 Å². The van der Waals surface area contributed by atoms with E-state index in [1.807, 2.05) is 12.1 Å². The molecule has 1 aliphatic heterocycles. The van der Waals surface area contributed by atoms with Crippen LogP contribution in [0.4, 0.5) is 0 Å². The van der Waals surface area contributed by atoms with E-state index < -0.39 is 60.0 Å². The van der Waals surface area contributed by atoms with Gasteiger partial charge in [-0.15, -0.1) is 0 Å². The number of esters is 2. The molecular formula is C31H41N6O8+. The van der Waals surface area contributed by atoms with Crippen molar-refractivity contribution < 1.29 is 43.4 Å². The molecule has 2 heterocycles. The Labute approximate surface area is 261 Å². The number of nitrogens with zero attached hydrogens (tertiary/aromatic N) is 2. The Bertz CT molecular complexity index is 1450. The molecule has 0 saturated carbocycles. The molecule has 3 rings (SSSR count). The number of aliphatic hydroxyl groups is 1. The molecule has 7 N–H and O–H groups in total. The quantitative estimate of drug-likeness (QED) is 0.113. The summed E-state index contributed by atoms with van der Waals surface area (Å²) in [5.74, 6) is -2.32. The summed E-state index contributed by atoms with van der Waals surface area (Å²) in [6, 6.07) is 12.8. The third-order valence-electron chi connectivity index (χ3n) is 7.23. The van der Waals surface area contributed by atoms with Crippen LogP contribution in [0.3, 0.4) is 0 Å². The molecule has 14 heteroatoms. The molecular weight excluding hydrogens is 584 g/mol. The lowest BCUT2D eigenvalue weighted by molar-refractivity contribution is -0.309. The molecule has 1 fully saturated rings. The van der Waals surface area contributed by atoms with Crippen LogP contribution in [0.5, 0.6) is 0 Å². The van der Waals surface area contributed by atoms with Crippen LogP contribution in [0, 0.1) is 17.2 Å². The number of aromatic amines is 1. The monoisotopic (exact) mass is 625 g/mol. The number of hydrogen-bond acceptors (Lipinski definition) is 10. The molecule has 1 aromatic carbocycles. The van der Waals surface area contributed by atoms with E-state index in [4.69, 9.17) is 30.4 Å². The normalized spacial score (nSPS) is 22.7. The van der Waals surface area contributed by atoms with E-state index in [0.717, 1.165) is 11.9 Å². The first kappa shape index (κ1) is 35.1. The smallest absolute Gasteiger partial charge is 0.347 e. The predicted octanol–water partition coefficient (Wildman–Crippen LogP) is -0.670. The Kier molecular flexibility index (Phi) is 11.7. The van der Waals surface area contributed by atoms with Gasteiger partial charge >= 0.3 is 17.8 Å². The lowest BCUT2D eigenvalue weighted by Gasteiger charge is -2.25. The molecule has 1 aliphatic rings. The molecule has 0 spiro atoms. The van der Waals surface area contributed by atoms with Crippen LogP contribution in [0.2, 0.25) is 0 Å². The highest BCUT2D eigenvalue weighted by molar-refractivity contribution is 6.01. The first-order chi connectivity index (χ1) is 21.3. The van der Waals surface area contributed by atoms with Crippen molar-refractivity contribution in [2.24, 2.45) is 22.4 Å². The summed E-state index contributed by atoms with van der Waals surface area (Å²) in [5, 5.41) is 21.9. The zero-order valence-electron chi connectivity index (χ0n) is 26.0. The molecule has 5 atom stereocenters. The number of amides is 1. The minimum atomic E-state index is -2.12. The Morgan fingerprint density at radius 2 is 1.93 bits per heavy atom. The van der Waals surface area contributed by atoms with Crippen molar-refractivity contribution in [3.8, 4) is 6.07 Å². The van der Waals surface area contributed by atoms with Gasteiger partial charge in [-0.05, 0) is 44.4 Å².